The molecule has 1 amide bonds. The predicted molar refractivity (Wildman–Crippen MR) is 109 cm³/mol. The van der Waals surface area contributed by atoms with Crippen LogP contribution in [0.25, 0.3) is 0 Å². The first kappa shape index (κ1) is 18.6. The van der Waals surface area contributed by atoms with Crippen LogP contribution in [0.15, 0.2) is 36.4 Å². The molecular formula is C22H27N3O3. The van der Waals surface area contributed by atoms with E-state index < -0.39 is 0 Å². The number of hydrogen-bond acceptors (Lipinski definition) is 5. The van der Waals surface area contributed by atoms with Gasteiger partial charge in [0.05, 0.1) is 6.04 Å². The van der Waals surface area contributed by atoms with Gasteiger partial charge in [-0.05, 0) is 44.7 Å². The Bertz CT molecular complexity index is 875. The number of piperazine rings is 1. The predicted octanol–water partition coefficient (Wildman–Crippen LogP) is 2.97. The zero-order chi connectivity index (χ0) is 19.7. The molecule has 0 unspecified atom stereocenters. The van der Waals surface area contributed by atoms with Crippen molar-refractivity contribution in [1.29, 1.82) is 0 Å². The Balaban J connectivity index is 1.52. The van der Waals surface area contributed by atoms with E-state index in [0.29, 0.717) is 5.56 Å². The average Bonchev–Trinajstić information content (AvgIpc) is 3.17. The Morgan fingerprint density at radius 3 is 2.68 bits per heavy atom. The summed E-state index contributed by atoms with van der Waals surface area (Å²) >= 11 is 0. The second-order valence-corrected chi connectivity index (χ2v) is 7.57. The number of carbonyl (C=O) groups is 1. The second-order valence-electron chi connectivity index (χ2n) is 7.57. The fourth-order valence-corrected chi connectivity index (χ4v) is 3.76. The van der Waals surface area contributed by atoms with Gasteiger partial charge < -0.3 is 24.6 Å². The largest absolute Gasteiger partial charge is 0.454 e. The lowest BCUT2D eigenvalue weighted by atomic mass is 10.0. The Morgan fingerprint density at radius 2 is 1.89 bits per heavy atom. The van der Waals surface area contributed by atoms with Crippen molar-refractivity contribution in [2.45, 2.75) is 19.9 Å². The van der Waals surface area contributed by atoms with Crippen molar-refractivity contribution in [3.05, 3.63) is 53.1 Å². The molecule has 1 fully saturated rings. The number of amides is 1. The zero-order valence-electron chi connectivity index (χ0n) is 16.7. The van der Waals surface area contributed by atoms with Crippen LogP contribution in [0.3, 0.4) is 0 Å². The quantitative estimate of drug-likeness (QED) is 0.883. The van der Waals surface area contributed by atoms with Gasteiger partial charge in [-0.2, -0.15) is 0 Å². The van der Waals surface area contributed by atoms with E-state index in [9.17, 15) is 4.79 Å². The number of aryl methyl sites for hydroxylation is 1. The van der Waals surface area contributed by atoms with E-state index in [1.807, 2.05) is 44.2 Å². The molecule has 2 aliphatic rings. The van der Waals surface area contributed by atoms with E-state index in [-0.39, 0.29) is 18.7 Å². The van der Waals surface area contributed by atoms with Crippen LogP contribution < -0.4 is 19.7 Å². The molecule has 2 aromatic carbocycles. The summed E-state index contributed by atoms with van der Waals surface area (Å²) < 4.78 is 11.0. The third kappa shape index (κ3) is 3.64. The van der Waals surface area contributed by atoms with Gasteiger partial charge in [0.1, 0.15) is 0 Å². The van der Waals surface area contributed by atoms with Crippen molar-refractivity contribution < 1.29 is 14.3 Å². The number of anilines is 1. The molecular weight excluding hydrogens is 354 g/mol. The van der Waals surface area contributed by atoms with E-state index in [2.05, 4.69) is 28.2 Å². The van der Waals surface area contributed by atoms with Crippen LogP contribution in [0, 0.1) is 6.92 Å². The molecule has 0 bridgehead atoms. The van der Waals surface area contributed by atoms with Crippen molar-refractivity contribution in [1.82, 2.24) is 10.2 Å². The molecule has 0 aromatic heterocycles. The minimum atomic E-state index is -0.184. The smallest absolute Gasteiger partial charge is 0.252 e. The molecule has 0 saturated carbocycles. The van der Waals surface area contributed by atoms with Gasteiger partial charge in [-0.1, -0.05) is 18.2 Å². The molecule has 0 radical (unpaired) electrons. The number of rotatable bonds is 4. The van der Waals surface area contributed by atoms with E-state index >= 15 is 0 Å². The highest BCUT2D eigenvalue weighted by molar-refractivity contribution is 5.97. The van der Waals surface area contributed by atoms with E-state index in [1.165, 1.54) is 0 Å². The van der Waals surface area contributed by atoms with Crippen LogP contribution in [0.5, 0.6) is 11.5 Å². The highest BCUT2D eigenvalue weighted by atomic mass is 16.7. The Kier molecular flexibility index (Phi) is 5.13. The maximum Gasteiger partial charge on any atom is 0.252 e. The monoisotopic (exact) mass is 381 g/mol. The molecule has 1 N–H and O–H groups in total. The number of likely N-dealkylation sites (N-methyl/N-ethyl adjacent to an activating group) is 1. The summed E-state index contributed by atoms with van der Waals surface area (Å²) in [5.74, 6) is 1.38. The zero-order valence-corrected chi connectivity index (χ0v) is 16.7. The number of para-hydroxylation sites is 1. The summed E-state index contributed by atoms with van der Waals surface area (Å²) in [6.45, 7) is 8.19. The highest BCUT2D eigenvalue weighted by Crippen LogP contribution is 2.38. The molecule has 28 heavy (non-hydrogen) atoms. The molecule has 4 rings (SSSR count). The van der Waals surface area contributed by atoms with Crippen LogP contribution >= 0.6 is 0 Å². The Hall–Kier alpha value is -2.73. The summed E-state index contributed by atoms with van der Waals surface area (Å²) in [5.41, 5.74) is 3.72. The summed E-state index contributed by atoms with van der Waals surface area (Å²) in [5, 5.41) is 3.12. The fraction of sp³-hybridized carbons (Fsp3) is 0.409. The van der Waals surface area contributed by atoms with Crippen LogP contribution in [-0.4, -0.2) is 50.8 Å². The molecule has 6 heteroatoms. The minimum absolute atomic E-state index is 0.0718. The van der Waals surface area contributed by atoms with Crippen molar-refractivity contribution in [2.75, 3.05) is 44.9 Å². The van der Waals surface area contributed by atoms with E-state index in [1.54, 1.807) is 0 Å². The van der Waals surface area contributed by atoms with E-state index in [4.69, 9.17) is 9.47 Å². The SMILES string of the molecule is Cc1ccc(N2CCN(C)CC2)cc1C(=O)N[C@H](C)c1cccc2c1OCO2. The normalized spacial score (nSPS) is 17.5. The molecule has 148 valence electrons. The number of ether oxygens (including phenoxy) is 2. The van der Waals surface area contributed by atoms with Crippen LogP contribution in [-0.2, 0) is 0 Å². The van der Waals surface area contributed by atoms with Crippen molar-refractivity contribution >= 4 is 11.6 Å². The maximum atomic E-state index is 13.0. The van der Waals surface area contributed by atoms with Gasteiger partial charge in [0.2, 0.25) is 6.79 Å². The first-order valence-corrected chi connectivity index (χ1v) is 9.76. The molecule has 2 aliphatic heterocycles. The number of hydrogen-bond donors (Lipinski definition) is 1. The van der Waals surface area contributed by atoms with Gasteiger partial charge in [0, 0.05) is 43.0 Å². The lowest BCUT2D eigenvalue weighted by Gasteiger charge is -2.34. The number of benzene rings is 2. The van der Waals surface area contributed by atoms with Crippen molar-refractivity contribution in [3.8, 4) is 11.5 Å². The van der Waals surface area contributed by atoms with Gasteiger partial charge in [-0.3, -0.25) is 4.79 Å². The van der Waals surface area contributed by atoms with Crippen molar-refractivity contribution in [3.63, 3.8) is 0 Å². The minimum Gasteiger partial charge on any atom is -0.454 e. The molecule has 1 atom stereocenters. The third-order valence-electron chi connectivity index (χ3n) is 5.58. The van der Waals surface area contributed by atoms with Gasteiger partial charge in [-0.15, -0.1) is 0 Å². The van der Waals surface area contributed by atoms with E-state index in [0.717, 1.165) is 54.5 Å². The lowest BCUT2D eigenvalue weighted by molar-refractivity contribution is 0.0938. The van der Waals surface area contributed by atoms with Crippen LogP contribution in [0.2, 0.25) is 0 Å². The highest BCUT2D eigenvalue weighted by Gasteiger charge is 2.23. The lowest BCUT2D eigenvalue weighted by Crippen LogP contribution is -2.44. The summed E-state index contributed by atoms with van der Waals surface area (Å²) in [4.78, 5) is 17.7. The van der Waals surface area contributed by atoms with Gasteiger partial charge >= 0.3 is 0 Å². The van der Waals surface area contributed by atoms with Crippen LogP contribution in [0.1, 0.15) is 34.5 Å². The third-order valence-corrected chi connectivity index (χ3v) is 5.58. The standard InChI is InChI=1S/C22H27N3O3/c1-15-7-8-17(25-11-9-24(3)10-12-25)13-19(15)22(26)23-16(2)18-5-4-6-20-21(18)28-14-27-20/h4-8,13,16H,9-12,14H2,1-3H3,(H,23,26)/t16-/m1/s1. The molecule has 1 saturated heterocycles. The number of nitrogens with one attached hydrogen (secondary N) is 1. The van der Waals surface area contributed by atoms with Crippen LogP contribution in [0.4, 0.5) is 5.69 Å². The molecule has 6 nitrogen and oxygen atoms in total. The first-order valence-electron chi connectivity index (χ1n) is 9.76. The van der Waals surface area contributed by atoms with Gasteiger partial charge in [-0.25, -0.2) is 0 Å². The Labute approximate surface area is 166 Å². The number of nitrogens with zero attached hydrogens (tertiary/aromatic N) is 2. The molecule has 2 aromatic rings. The topological polar surface area (TPSA) is 54.0 Å². The number of fused-ring (bicyclic) bond motifs is 1. The fourth-order valence-electron chi connectivity index (χ4n) is 3.76. The molecule has 0 spiro atoms. The summed E-state index contributed by atoms with van der Waals surface area (Å²) in [6, 6.07) is 11.7. The molecule has 0 aliphatic carbocycles. The second kappa shape index (κ2) is 7.72. The summed E-state index contributed by atoms with van der Waals surface area (Å²) in [7, 11) is 2.14. The first-order chi connectivity index (χ1) is 13.5. The average molecular weight is 381 g/mol. The molecule has 2 heterocycles. The number of carbonyl (C=O) groups excluding carboxylic acids is 1. The Morgan fingerprint density at radius 1 is 1.11 bits per heavy atom. The van der Waals surface area contributed by atoms with Gasteiger partial charge in [0.25, 0.3) is 5.91 Å². The van der Waals surface area contributed by atoms with Crippen molar-refractivity contribution in [2.24, 2.45) is 0 Å². The maximum absolute atomic E-state index is 13.0. The van der Waals surface area contributed by atoms with Gasteiger partial charge in [0.15, 0.2) is 11.5 Å². The summed E-state index contributed by atoms with van der Waals surface area (Å²) in [6.07, 6.45) is 0.